The van der Waals surface area contributed by atoms with Crippen molar-refractivity contribution in [3.8, 4) is 22.6 Å². The molecule has 0 aliphatic rings. The van der Waals surface area contributed by atoms with Gasteiger partial charge in [0.25, 0.3) is 0 Å². The average Bonchev–Trinajstić information content (AvgIpc) is 3.17. The lowest BCUT2D eigenvalue weighted by Crippen LogP contribution is -2.20. The van der Waals surface area contributed by atoms with Crippen molar-refractivity contribution in [2.45, 2.75) is 32.4 Å². The number of rotatable bonds is 5. The quantitative estimate of drug-likeness (QED) is 0.613. The van der Waals surface area contributed by atoms with E-state index in [2.05, 4.69) is 10.3 Å². The Balaban J connectivity index is 2.22. The molecule has 2 heterocycles. The SMILES string of the molecule is C[C@H](O)Cn1ncc(-c2onc(-c3c(F)cccc3Cl)c2CO)c1C(F)(F)F. The molecule has 0 fully saturated rings. The van der Waals surface area contributed by atoms with Gasteiger partial charge in [-0.25, -0.2) is 4.39 Å². The summed E-state index contributed by atoms with van der Waals surface area (Å²) in [6.45, 7) is 0.120. The lowest BCUT2D eigenvalue weighted by Gasteiger charge is -2.13. The van der Waals surface area contributed by atoms with Crippen molar-refractivity contribution in [2.24, 2.45) is 0 Å². The lowest BCUT2D eigenvalue weighted by atomic mass is 10.0. The third kappa shape index (κ3) is 3.62. The molecule has 0 aliphatic carbocycles. The first-order chi connectivity index (χ1) is 13.1. The van der Waals surface area contributed by atoms with Gasteiger partial charge in [-0.1, -0.05) is 22.8 Å². The molecule has 0 radical (unpaired) electrons. The summed E-state index contributed by atoms with van der Waals surface area (Å²) in [5.74, 6) is -1.19. The van der Waals surface area contributed by atoms with Gasteiger partial charge in [-0.05, 0) is 19.1 Å². The molecule has 1 aromatic carbocycles. The molecule has 6 nitrogen and oxygen atoms in total. The maximum atomic E-state index is 14.2. The summed E-state index contributed by atoms with van der Waals surface area (Å²) < 4.78 is 60.7. The van der Waals surface area contributed by atoms with Crippen LogP contribution in [0.15, 0.2) is 28.9 Å². The van der Waals surface area contributed by atoms with E-state index in [0.29, 0.717) is 4.68 Å². The van der Waals surface area contributed by atoms with Crippen LogP contribution in [0, 0.1) is 5.82 Å². The highest BCUT2D eigenvalue weighted by molar-refractivity contribution is 6.33. The second-order valence-electron chi connectivity index (χ2n) is 6.03. The van der Waals surface area contributed by atoms with E-state index in [1.165, 1.54) is 19.1 Å². The van der Waals surface area contributed by atoms with Crippen molar-refractivity contribution in [3.63, 3.8) is 0 Å². The molecule has 0 saturated heterocycles. The highest BCUT2D eigenvalue weighted by atomic mass is 35.5. The van der Waals surface area contributed by atoms with E-state index in [1.807, 2.05) is 0 Å². The van der Waals surface area contributed by atoms with Crippen molar-refractivity contribution >= 4 is 11.6 Å². The minimum atomic E-state index is -4.84. The standard InChI is InChI=1S/C17H14ClF4N3O3/c1-8(27)6-25-16(17(20,21)22)9(5-23-25)15-10(7-26)14(24-28-15)13-11(18)3-2-4-12(13)19/h2-5,8,26-27H,6-7H2,1H3/t8-/m0/s1. The van der Waals surface area contributed by atoms with E-state index >= 15 is 0 Å². The molecule has 2 N–H and O–H groups in total. The van der Waals surface area contributed by atoms with Crippen molar-refractivity contribution in [3.05, 3.63) is 46.5 Å². The molecule has 0 aliphatic heterocycles. The fraction of sp³-hybridized carbons (Fsp3) is 0.294. The summed E-state index contributed by atoms with van der Waals surface area (Å²) in [4.78, 5) is 0. The number of halogens is 5. The molecule has 3 aromatic rings. The molecule has 11 heteroatoms. The number of aliphatic hydroxyl groups excluding tert-OH is 2. The molecule has 0 saturated carbocycles. The lowest BCUT2D eigenvalue weighted by molar-refractivity contribution is -0.144. The van der Waals surface area contributed by atoms with Crippen molar-refractivity contribution < 1.29 is 32.3 Å². The van der Waals surface area contributed by atoms with Crippen LogP contribution in [0.25, 0.3) is 22.6 Å². The first kappa shape index (κ1) is 20.3. The summed E-state index contributed by atoms with van der Waals surface area (Å²) in [7, 11) is 0. The molecule has 0 spiro atoms. The van der Waals surface area contributed by atoms with E-state index in [4.69, 9.17) is 16.1 Å². The summed E-state index contributed by atoms with van der Waals surface area (Å²) >= 11 is 5.99. The van der Waals surface area contributed by atoms with E-state index in [9.17, 15) is 27.8 Å². The number of aliphatic hydroxyl groups is 2. The number of nitrogens with zero attached hydrogens (tertiary/aromatic N) is 3. The molecular weight excluding hydrogens is 406 g/mol. The summed E-state index contributed by atoms with van der Waals surface area (Å²) in [6.07, 6.45) is -5.04. The molecule has 2 aromatic heterocycles. The molecule has 28 heavy (non-hydrogen) atoms. The molecule has 0 amide bonds. The zero-order chi connectivity index (χ0) is 20.6. The summed E-state index contributed by atoms with van der Waals surface area (Å²) in [6, 6.07) is 3.82. The van der Waals surface area contributed by atoms with Crippen molar-refractivity contribution in [1.82, 2.24) is 14.9 Å². The fourth-order valence-corrected chi connectivity index (χ4v) is 3.08. The minimum absolute atomic E-state index is 0.0459. The third-order valence-electron chi connectivity index (χ3n) is 3.94. The largest absolute Gasteiger partial charge is 0.433 e. The molecule has 0 unspecified atom stereocenters. The van der Waals surface area contributed by atoms with Gasteiger partial charge >= 0.3 is 6.18 Å². The number of hydrogen-bond donors (Lipinski definition) is 2. The Labute approximate surface area is 160 Å². The second-order valence-corrected chi connectivity index (χ2v) is 6.44. The van der Waals surface area contributed by atoms with Crippen LogP contribution in [0.5, 0.6) is 0 Å². The monoisotopic (exact) mass is 419 g/mol. The Morgan fingerprint density at radius 3 is 2.61 bits per heavy atom. The van der Waals surface area contributed by atoms with Gasteiger partial charge in [0.1, 0.15) is 11.5 Å². The zero-order valence-electron chi connectivity index (χ0n) is 14.3. The number of alkyl halides is 3. The van der Waals surface area contributed by atoms with Crippen LogP contribution in [0.1, 0.15) is 18.2 Å². The normalized spacial score (nSPS) is 13.1. The molecule has 3 rings (SSSR count). The number of benzene rings is 1. The maximum Gasteiger partial charge on any atom is 0.433 e. The highest BCUT2D eigenvalue weighted by Crippen LogP contribution is 2.42. The van der Waals surface area contributed by atoms with Crippen LogP contribution in [0.3, 0.4) is 0 Å². The first-order valence-electron chi connectivity index (χ1n) is 8.00. The summed E-state index contributed by atoms with van der Waals surface area (Å²) in [5, 5.41) is 26.4. The van der Waals surface area contributed by atoms with Gasteiger partial charge in [0.2, 0.25) is 0 Å². The summed E-state index contributed by atoms with van der Waals surface area (Å²) in [5.41, 5.74) is -2.27. The van der Waals surface area contributed by atoms with Crippen molar-refractivity contribution in [2.75, 3.05) is 0 Å². The van der Waals surface area contributed by atoms with Crippen LogP contribution in [-0.2, 0) is 19.3 Å². The van der Waals surface area contributed by atoms with Crippen LogP contribution in [0.2, 0.25) is 5.02 Å². The Bertz CT molecular complexity index is 978. The van der Waals surface area contributed by atoms with Crippen LogP contribution >= 0.6 is 11.6 Å². The first-order valence-corrected chi connectivity index (χ1v) is 8.38. The predicted molar refractivity (Wildman–Crippen MR) is 90.7 cm³/mol. The van der Waals surface area contributed by atoms with Gasteiger partial charge in [0, 0.05) is 0 Å². The molecule has 150 valence electrons. The topological polar surface area (TPSA) is 84.3 Å². The number of hydrogen-bond acceptors (Lipinski definition) is 5. The molecule has 0 bridgehead atoms. The zero-order valence-corrected chi connectivity index (χ0v) is 15.1. The Hall–Kier alpha value is -2.43. The minimum Gasteiger partial charge on any atom is -0.391 e. The molecule has 1 atom stereocenters. The average molecular weight is 420 g/mol. The third-order valence-corrected chi connectivity index (χ3v) is 4.25. The Kier molecular flexibility index (Phi) is 5.46. The van der Waals surface area contributed by atoms with Gasteiger partial charge < -0.3 is 14.7 Å². The molecular formula is C17H14ClF4N3O3. The van der Waals surface area contributed by atoms with Crippen LogP contribution < -0.4 is 0 Å². The smallest absolute Gasteiger partial charge is 0.391 e. The van der Waals surface area contributed by atoms with Gasteiger partial charge in [0.05, 0.1) is 47.2 Å². The van der Waals surface area contributed by atoms with Crippen molar-refractivity contribution in [1.29, 1.82) is 0 Å². The van der Waals surface area contributed by atoms with Crippen LogP contribution in [0.4, 0.5) is 17.6 Å². The number of aromatic nitrogens is 3. The van der Waals surface area contributed by atoms with E-state index < -0.39 is 48.3 Å². The fourth-order valence-electron chi connectivity index (χ4n) is 2.83. The van der Waals surface area contributed by atoms with Gasteiger partial charge in [-0.15, -0.1) is 0 Å². The van der Waals surface area contributed by atoms with E-state index in [1.54, 1.807) is 0 Å². The van der Waals surface area contributed by atoms with Crippen LogP contribution in [-0.4, -0.2) is 31.3 Å². The Morgan fingerprint density at radius 1 is 1.32 bits per heavy atom. The predicted octanol–water partition coefficient (Wildman–Crippen LogP) is 3.89. The van der Waals surface area contributed by atoms with E-state index in [-0.39, 0.29) is 21.8 Å². The Morgan fingerprint density at radius 2 is 2.04 bits per heavy atom. The van der Waals surface area contributed by atoms with Gasteiger partial charge in [0.15, 0.2) is 11.5 Å². The van der Waals surface area contributed by atoms with Gasteiger partial charge in [-0.2, -0.15) is 18.3 Å². The van der Waals surface area contributed by atoms with E-state index in [0.717, 1.165) is 12.3 Å². The second kappa shape index (κ2) is 7.53. The van der Waals surface area contributed by atoms with Gasteiger partial charge in [-0.3, -0.25) is 4.68 Å². The highest BCUT2D eigenvalue weighted by Gasteiger charge is 2.40. The maximum absolute atomic E-state index is 14.2.